The molecule has 16 heavy (non-hydrogen) atoms. The number of benzene rings is 1. The van der Waals surface area contributed by atoms with E-state index in [0.717, 1.165) is 18.7 Å². The van der Waals surface area contributed by atoms with Crippen molar-refractivity contribution in [3.05, 3.63) is 65.5 Å². The molecule has 2 heteroatoms. The van der Waals surface area contributed by atoms with Crippen LogP contribution in [-0.4, -0.2) is 11.5 Å². The Bertz CT molecular complexity index is 479. The van der Waals surface area contributed by atoms with Gasteiger partial charge in [-0.1, -0.05) is 30.3 Å². The summed E-state index contributed by atoms with van der Waals surface area (Å²) in [5.74, 6) is 0. The summed E-state index contributed by atoms with van der Waals surface area (Å²) in [7, 11) is 0. The number of pyridine rings is 1. The largest absolute Gasteiger partial charge is 0.305 e. The van der Waals surface area contributed by atoms with Crippen LogP contribution in [0.4, 0.5) is 0 Å². The second kappa shape index (κ2) is 4.06. The Labute approximate surface area is 95.3 Å². The topological polar surface area (TPSA) is 24.9 Å². The van der Waals surface area contributed by atoms with E-state index in [1.54, 1.807) is 0 Å². The molecule has 1 aromatic carbocycles. The van der Waals surface area contributed by atoms with Gasteiger partial charge in [-0.3, -0.25) is 4.98 Å². The van der Waals surface area contributed by atoms with Crippen molar-refractivity contribution in [2.45, 2.75) is 12.5 Å². The van der Waals surface area contributed by atoms with Gasteiger partial charge in [0.25, 0.3) is 0 Å². The van der Waals surface area contributed by atoms with E-state index in [9.17, 15) is 0 Å². The molecular formula is C14H14N2. The highest BCUT2D eigenvalue weighted by Gasteiger charge is 2.21. The van der Waals surface area contributed by atoms with E-state index in [0.29, 0.717) is 0 Å². The van der Waals surface area contributed by atoms with Crippen molar-refractivity contribution in [1.29, 1.82) is 0 Å². The minimum absolute atomic E-state index is 0.256. The van der Waals surface area contributed by atoms with Gasteiger partial charge in [0.05, 0.1) is 11.7 Å². The van der Waals surface area contributed by atoms with Gasteiger partial charge >= 0.3 is 0 Å². The molecule has 1 aliphatic heterocycles. The van der Waals surface area contributed by atoms with E-state index in [1.165, 1.54) is 11.1 Å². The van der Waals surface area contributed by atoms with Gasteiger partial charge < -0.3 is 5.32 Å². The van der Waals surface area contributed by atoms with Gasteiger partial charge in [0, 0.05) is 12.7 Å². The first-order valence-corrected chi connectivity index (χ1v) is 5.67. The minimum Gasteiger partial charge on any atom is -0.305 e. The molecule has 0 spiro atoms. The molecule has 2 aromatic rings. The highest BCUT2D eigenvalue weighted by molar-refractivity contribution is 5.37. The zero-order chi connectivity index (χ0) is 10.8. The van der Waals surface area contributed by atoms with Crippen molar-refractivity contribution in [2.24, 2.45) is 0 Å². The highest BCUT2D eigenvalue weighted by atomic mass is 14.9. The third-order valence-corrected chi connectivity index (χ3v) is 3.09. The van der Waals surface area contributed by atoms with Gasteiger partial charge in [-0.05, 0) is 29.7 Å². The monoisotopic (exact) mass is 210 g/mol. The average molecular weight is 210 g/mol. The molecule has 0 unspecified atom stereocenters. The summed E-state index contributed by atoms with van der Waals surface area (Å²) in [4.78, 5) is 4.44. The second-order valence-corrected chi connectivity index (χ2v) is 4.09. The van der Waals surface area contributed by atoms with Crippen LogP contribution in [0.2, 0.25) is 0 Å². The predicted octanol–water partition coefficient (Wildman–Crippen LogP) is 2.32. The van der Waals surface area contributed by atoms with Gasteiger partial charge in [0.1, 0.15) is 0 Å². The van der Waals surface area contributed by atoms with Gasteiger partial charge in [-0.2, -0.15) is 0 Å². The Morgan fingerprint density at radius 1 is 1.06 bits per heavy atom. The predicted molar refractivity (Wildman–Crippen MR) is 64.2 cm³/mol. The molecule has 0 radical (unpaired) electrons. The fraction of sp³-hybridized carbons (Fsp3) is 0.214. The molecule has 3 rings (SSSR count). The van der Waals surface area contributed by atoms with Crippen LogP contribution in [0.3, 0.4) is 0 Å². The zero-order valence-corrected chi connectivity index (χ0v) is 9.06. The maximum atomic E-state index is 4.44. The Balaban J connectivity index is 2.05. The average Bonchev–Trinajstić information content (AvgIpc) is 2.39. The molecule has 1 aliphatic rings. The Hall–Kier alpha value is -1.67. The first kappa shape index (κ1) is 9.55. The molecular weight excluding hydrogens is 196 g/mol. The normalized spacial score (nSPS) is 19.1. The third kappa shape index (κ3) is 1.61. The van der Waals surface area contributed by atoms with E-state index in [-0.39, 0.29) is 6.04 Å². The van der Waals surface area contributed by atoms with Crippen molar-refractivity contribution >= 4 is 0 Å². The molecule has 0 saturated carbocycles. The highest BCUT2D eigenvalue weighted by Crippen LogP contribution is 2.26. The number of fused-ring (bicyclic) bond motifs is 1. The molecule has 80 valence electrons. The van der Waals surface area contributed by atoms with Crippen molar-refractivity contribution < 1.29 is 0 Å². The maximum Gasteiger partial charge on any atom is 0.0754 e. The molecule has 0 amide bonds. The van der Waals surface area contributed by atoms with Crippen LogP contribution in [0.5, 0.6) is 0 Å². The van der Waals surface area contributed by atoms with Gasteiger partial charge in [-0.25, -0.2) is 0 Å². The number of nitrogens with one attached hydrogen (secondary N) is 1. The van der Waals surface area contributed by atoms with Crippen LogP contribution in [0, 0.1) is 0 Å². The smallest absolute Gasteiger partial charge is 0.0754 e. The summed E-state index contributed by atoms with van der Waals surface area (Å²) in [6, 6.07) is 15.0. The van der Waals surface area contributed by atoms with E-state index in [4.69, 9.17) is 0 Å². The van der Waals surface area contributed by atoms with Crippen LogP contribution in [0.25, 0.3) is 0 Å². The van der Waals surface area contributed by atoms with E-state index < -0.39 is 0 Å². The molecule has 1 aromatic heterocycles. The fourth-order valence-electron chi connectivity index (χ4n) is 2.32. The van der Waals surface area contributed by atoms with Crippen molar-refractivity contribution in [3.63, 3.8) is 0 Å². The minimum atomic E-state index is 0.256. The summed E-state index contributed by atoms with van der Waals surface area (Å²) in [6.45, 7) is 1.03. The summed E-state index contributed by atoms with van der Waals surface area (Å²) in [5, 5.41) is 3.53. The number of rotatable bonds is 1. The SMILES string of the molecule is c1ccc([C@@H]2NCCc3ccccc32)nc1. The molecule has 2 heterocycles. The fourth-order valence-corrected chi connectivity index (χ4v) is 2.32. The van der Waals surface area contributed by atoms with Crippen LogP contribution in [0.15, 0.2) is 48.7 Å². The first-order valence-electron chi connectivity index (χ1n) is 5.67. The Morgan fingerprint density at radius 2 is 1.94 bits per heavy atom. The van der Waals surface area contributed by atoms with Crippen LogP contribution in [0.1, 0.15) is 22.9 Å². The Kier molecular flexibility index (Phi) is 2.43. The number of nitrogens with zero attached hydrogens (tertiary/aromatic N) is 1. The molecule has 2 nitrogen and oxygen atoms in total. The number of hydrogen-bond acceptors (Lipinski definition) is 2. The third-order valence-electron chi connectivity index (χ3n) is 3.09. The number of hydrogen-bond donors (Lipinski definition) is 1. The lowest BCUT2D eigenvalue weighted by atomic mass is 9.92. The van der Waals surface area contributed by atoms with Crippen LogP contribution in [-0.2, 0) is 6.42 Å². The van der Waals surface area contributed by atoms with Gasteiger partial charge in [0.2, 0.25) is 0 Å². The Morgan fingerprint density at radius 3 is 2.81 bits per heavy atom. The van der Waals surface area contributed by atoms with Gasteiger partial charge in [-0.15, -0.1) is 0 Å². The van der Waals surface area contributed by atoms with Crippen LogP contribution >= 0.6 is 0 Å². The standard InChI is InChI=1S/C14H14N2/c1-2-6-12-11(5-1)8-10-16-14(12)13-7-3-4-9-15-13/h1-7,9,14,16H,8,10H2/t14-/m1/s1. The molecule has 0 saturated heterocycles. The maximum absolute atomic E-state index is 4.44. The molecule has 0 fully saturated rings. The second-order valence-electron chi connectivity index (χ2n) is 4.09. The van der Waals surface area contributed by atoms with Crippen molar-refractivity contribution in [2.75, 3.05) is 6.54 Å². The summed E-state index contributed by atoms with van der Waals surface area (Å²) in [5.41, 5.74) is 3.92. The molecule has 0 bridgehead atoms. The van der Waals surface area contributed by atoms with Gasteiger partial charge in [0.15, 0.2) is 0 Å². The summed E-state index contributed by atoms with van der Waals surface area (Å²) in [6.07, 6.45) is 2.97. The van der Waals surface area contributed by atoms with E-state index in [1.807, 2.05) is 18.3 Å². The lowest BCUT2D eigenvalue weighted by molar-refractivity contribution is 0.557. The van der Waals surface area contributed by atoms with Crippen LogP contribution < -0.4 is 5.32 Å². The number of aromatic nitrogens is 1. The summed E-state index contributed by atoms with van der Waals surface area (Å²) >= 11 is 0. The lowest BCUT2D eigenvalue weighted by Crippen LogP contribution is -2.30. The quantitative estimate of drug-likeness (QED) is 0.781. The molecule has 1 N–H and O–H groups in total. The lowest BCUT2D eigenvalue weighted by Gasteiger charge is -2.26. The first-order chi connectivity index (χ1) is 7.95. The van der Waals surface area contributed by atoms with E-state index >= 15 is 0 Å². The van der Waals surface area contributed by atoms with Crippen molar-refractivity contribution in [1.82, 2.24) is 10.3 Å². The summed E-state index contributed by atoms with van der Waals surface area (Å²) < 4.78 is 0. The zero-order valence-electron chi connectivity index (χ0n) is 9.06. The molecule has 1 atom stereocenters. The van der Waals surface area contributed by atoms with E-state index in [2.05, 4.69) is 40.6 Å². The van der Waals surface area contributed by atoms with Crippen molar-refractivity contribution in [3.8, 4) is 0 Å². The molecule has 0 aliphatic carbocycles.